The van der Waals surface area contributed by atoms with Crippen molar-refractivity contribution in [2.45, 2.75) is 13.1 Å². The molecule has 0 heterocycles. The Morgan fingerprint density at radius 2 is 1.40 bits per heavy atom. The van der Waals surface area contributed by atoms with E-state index in [4.69, 9.17) is 0 Å². The van der Waals surface area contributed by atoms with E-state index < -0.39 is 34.8 Å². The van der Waals surface area contributed by atoms with Crippen molar-refractivity contribution in [3.8, 4) is 11.1 Å². The Hall–Kier alpha value is -1.98. The van der Waals surface area contributed by atoms with E-state index in [-0.39, 0.29) is 11.6 Å². The summed E-state index contributed by atoms with van der Waals surface area (Å²) >= 11 is 0. The third-order valence-electron chi connectivity index (χ3n) is 2.80. The van der Waals surface area contributed by atoms with E-state index in [1.165, 1.54) is 24.3 Å². The van der Waals surface area contributed by atoms with Crippen molar-refractivity contribution in [1.29, 1.82) is 0 Å². The summed E-state index contributed by atoms with van der Waals surface area (Å²) in [5.41, 5.74) is -2.00. The highest BCUT2D eigenvalue weighted by molar-refractivity contribution is 5.66. The van der Waals surface area contributed by atoms with E-state index in [0.717, 1.165) is 5.56 Å². The van der Waals surface area contributed by atoms with Crippen LogP contribution in [0, 0.1) is 24.4 Å². The first-order chi connectivity index (χ1) is 9.21. The number of aryl methyl sites for hydroxylation is 1. The molecule has 0 atom stereocenters. The first-order valence-electron chi connectivity index (χ1n) is 5.53. The lowest BCUT2D eigenvalue weighted by molar-refractivity contribution is -0.140. The van der Waals surface area contributed by atoms with E-state index in [1.807, 2.05) is 0 Å². The van der Waals surface area contributed by atoms with Crippen LogP contribution in [0.2, 0.25) is 0 Å². The number of rotatable bonds is 1. The molecule has 0 aliphatic carbocycles. The zero-order chi connectivity index (χ0) is 15.1. The monoisotopic (exact) mass is 290 g/mol. The Kier molecular flexibility index (Phi) is 3.50. The summed E-state index contributed by atoms with van der Waals surface area (Å²) in [5.74, 6) is -5.41. The Labute approximate surface area is 110 Å². The third kappa shape index (κ3) is 2.50. The number of halogens is 6. The van der Waals surface area contributed by atoms with E-state index in [2.05, 4.69) is 0 Å². The maximum Gasteiger partial charge on any atom is 0.419 e. The molecule has 2 aromatic carbocycles. The summed E-state index contributed by atoms with van der Waals surface area (Å²) in [6.45, 7) is 1.73. The van der Waals surface area contributed by atoms with Gasteiger partial charge >= 0.3 is 6.18 Å². The highest BCUT2D eigenvalue weighted by Gasteiger charge is 2.37. The van der Waals surface area contributed by atoms with Gasteiger partial charge in [0, 0.05) is 0 Å². The van der Waals surface area contributed by atoms with Crippen molar-refractivity contribution in [2.24, 2.45) is 0 Å². The lowest BCUT2D eigenvalue weighted by Gasteiger charge is -2.12. The van der Waals surface area contributed by atoms with Crippen molar-refractivity contribution >= 4 is 0 Å². The smallest absolute Gasteiger partial charge is 0.206 e. The summed E-state index contributed by atoms with van der Waals surface area (Å²) in [5, 5.41) is 0. The molecule has 6 heteroatoms. The highest BCUT2D eigenvalue weighted by Crippen LogP contribution is 2.37. The summed E-state index contributed by atoms with van der Waals surface area (Å²) in [7, 11) is 0. The highest BCUT2D eigenvalue weighted by atomic mass is 19.4. The SMILES string of the molecule is Cc1ccc(-c2c(F)cc(C(F)(F)F)c(F)c2F)cc1. The fraction of sp³-hybridized carbons (Fsp3) is 0.143. The lowest BCUT2D eigenvalue weighted by atomic mass is 10.0. The van der Waals surface area contributed by atoms with Gasteiger partial charge < -0.3 is 0 Å². The molecule has 0 N–H and O–H groups in total. The van der Waals surface area contributed by atoms with Crippen LogP contribution < -0.4 is 0 Å². The van der Waals surface area contributed by atoms with Crippen LogP contribution in [0.3, 0.4) is 0 Å². The van der Waals surface area contributed by atoms with Crippen LogP contribution in [-0.2, 0) is 6.18 Å². The molecule has 0 bridgehead atoms. The van der Waals surface area contributed by atoms with E-state index in [0.29, 0.717) is 0 Å². The van der Waals surface area contributed by atoms with Crippen LogP contribution in [0.4, 0.5) is 26.3 Å². The largest absolute Gasteiger partial charge is 0.419 e. The van der Waals surface area contributed by atoms with Gasteiger partial charge in [-0.1, -0.05) is 29.8 Å². The fourth-order valence-corrected chi connectivity index (χ4v) is 1.79. The molecular formula is C14H8F6. The van der Waals surface area contributed by atoms with E-state index in [9.17, 15) is 26.3 Å². The maximum atomic E-state index is 13.7. The van der Waals surface area contributed by atoms with Gasteiger partial charge in [0.2, 0.25) is 0 Å². The molecule has 0 fully saturated rings. The number of benzene rings is 2. The predicted molar refractivity (Wildman–Crippen MR) is 61.5 cm³/mol. The topological polar surface area (TPSA) is 0 Å². The molecule has 0 amide bonds. The van der Waals surface area contributed by atoms with E-state index >= 15 is 0 Å². The summed E-state index contributed by atoms with van der Waals surface area (Å²) < 4.78 is 78.1. The molecule has 0 aromatic heterocycles. The lowest BCUT2D eigenvalue weighted by Crippen LogP contribution is -2.11. The molecule has 0 aliphatic heterocycles. The van der Waals surface area contributed by atoms with Gasteiger partial charge in [0.05, 0.1) is 11.1 Å². The van der Waals surface area contributed by atoms with Crippen LogP contribution in [0.1, 0.15) is 11.1 Å². The van der Waals surface area contributed by atoms with Gasteiger partial charge in [-0.15, -0.1) is 0 Å². The van der Waals surface area contributed by atoms with E-state index in [1.54, 1.807) is 6.92 Å². The van der Waals surface area contributed by atoms with Gasteiger partial charge in [0.15, 0.2) is 11.6 Å². The van der Waals surface area contributed by atoms with Gasteiger partial charge in [0.25, 0.3) is 0 Å². The fourth-order valence-electron chi connectivity index (χ4n) is 1.79. The molecule has 0 spiro atoms. The molecule has 0 unspecified atom stereocenters. The first-order valence-corrected chi connectivity index (χ1v) is 5.53. The zero-order valence-corrected chi connectivity index (χ0v) is 10.2. The number of alkyl halides is 3. The third-order valence-corrected chi connectivity index (χ3v) is 2.80. The van der Waals surface area contributed by atoms with Gasteiger partial charge in [-0.2, -0.15) is 13.2 Å². The van der Waals surface area contributed by atoms with Gasteiger partial charge in [0.1, 0.15) is 5.82 Å². The second-order valence-electron chi connectivity index (χ2n) is 4.27. The summed E-state index contributed by atoms with van der Waals surface area (Å²) in [6, 6.07) is 5.62. The predicted octanol–water partition coefficient (Wildman–Crippen LogP) is 5.10. The quantitative estimate of drug-likeness (QED) is 0.506. The molecule has 106 valence electrons. The number of hydrogen-bond acceptors (Lipinski definition) is 0. The average molecular weight is 290 g/mol. The van der Waals surface area contributed by atoms with Crippen LogP contribution in [0.15, 0.2) is 30.3 Å². The minimum Gasteiger partial charge on any atom is -0.206 e. The Morgan fingerprint density at radius 3 is 1.90 bits per heavy atom. The van der Waals surface area contributed by atoms with Gasteiger partial charge in [-0.3, -0.25) is 0 Å². The molecular weight excluding hydrogens is 282 g/mol. The molecule has 0 saturated heterocycles. The molecule has 0 nitrogen and oxygen atoms in total. The van der Waals surface area contributed by atoms with Crippen molar-refractivity contribution < 1.29 is 26.3 Å². The molecule has 0 saturated carbocycles. The van der Waals surface area contributed by atoms with Crippen molar-refractivity contribution in [1.82, 2.24) is 0 Å². The summed E-state index contributed by atoms with van der Waals surface area (Å²) in [6.07, 6.45) is -5.16. The molecule has 2 rings (SSSR count). The molecule has 0 aliphatic rings. The zero-order valence-electron chi connectivity index (χ0n) is 10.2. The molecule has 2 aromatic rings. The van der Waals surface area contributed by atoms with Crippen LogP contribution in [-0.4, -0.2) is 0 Å². The molecule has 20 heavy (non-hydrogen) atoms. The standard InChI is InChI=1S/C14H8F6/c1-7-2-4-8(5-3-7)11-10(15)6-9(14(18,19)20)12(16)13(11)17/h2-6H,1H3. The first kappa shape index (κ1) is 14.4. The minimum atomic E-state index is -5.16. The second kappa shape index (κ2) is 4.85. The Morgan fingerprint density at radius 1 is 0.850 bits per heavy atom. The van der Waals surface area contributed by atoms with Gasteiger partial charge in [-0.05, 0) is 18.6 Å². The average Bonchev–Trinajstić information content (AvgIpc) is 2.35. The maximum absolute atomic E-state index is 13.7. The Balaban J connectivity index is 2.68. The number of hydrogen-bond donors (Lipinski definition) is 0. The van der Waals surface area contributed by atoms with Crippen LogP contribution in [0.25, 0.3) is 11.1 Å². The Bertz CT molecular complexity index is 640. The normalized spacial score (nSPS) is 11.8. The second-order valence-corrected chi connectivity index (χ2v) is 4.27. The van der Waals surface area contributed by atoms with Crippen molar-refractivity contribution in [3.05, 3.63) is 58.9 Å². The van der Waals surface area contributed by atoms with Crippen LogP contribution >= 0.6 is 0 Å². The van der Waals surface area contributed by atoms with Crippen molar-refractivity contribution in [2.75, 3.05) is 0 Å². The van der Waals surface area contributed by atoms with Crippen molar-refractivity contribution in [3.63, 3.8) is 0 Å². The molecule has 0 radical (unpaired) electrons. The minimum absolute atomic E-state index is 0.0294. The van der Waals surface area contributed by atoms with Gasteiger partial charge in [-0.25, -0.2) is 13.2 Å². The van der Waals surface area contributed by atoms with Crippen LogP contribution in [0.5, 0.6) is 0 Å². The summed E-state index contributed by atoms with van der Waals surface area (Å²) in [4.78, 5) is 0.